The van der Waals surface area contributed by atoms with E-state index in [-0.39, 0.29) is 29.9 Å². The summed E-state index contributed by atoms with van der Waals surface area (Å²) in [4.78, 5) is -0.100. The van der Waals surface area contributed by atoms with Gasteiger partial charge in [-0.05, 0) is 49.2 Å². The topological polar surface area (TPSA) is 83.8 Å². The molecule has 5 nitrogen and oxygen atoms in total. The number of benzene rings is 2. The van der Waals surface area contributed by atoms with Gasteiger partial charge in [-0.3, -0.25) is 0 Å². The van der Waals surface area contributed by atoms with Crippen molar-refractivity contribution in [1.82, 2.24) is 0 Å². The van der Waals surface area contributed by atoms with Crippen LogP contribution in [0.1, 0.15) is 18.4 Å². The van der Waals surface area contributed by atoms with Crippen LogP contribution in [-0.2, 0) is 14.6 Å². The maximum atomic E-state index is 15.0. The zero-order valence-corrected chi connectivity index (χ0v) is 16.8. The molecule has 4 atom stereocenters. The van der Waals surface area contributed by atoms with Gasteiger partial charge in [0.05, 0.1) is 23.2 Å². The molecule has 0 bridgehead atoms. The zero-order valence-electron chi connectivity index (χ0n) is 15.2. The maximum absolute atomic E-state index is 15.0. The molecular weight excluding hydrogens is 426 g/mol. The fraction of sp³-hybridized carbons (Fsp3) is 0.400. The fourth-order valence-corrected chi connectivity index (χ4v) is 7.25. The third kappa shape index (κ3) is 2.88. The first-order chi connectivity index (χ1) is 13.7. The number of fused-ring (bicyclic) bond motifs is 3. The van der Waals surface area contributed by atoms with Crippen molar-refractivity contribution in [2.45, 2.75) is 28.6 Å². The van der Waals surface area contributed by atoms with Crippen LogP contribution in [0, 0.1) is 23.5 Å². The molecule has 2 N–H and O–H groups in total. The van der Waals surface area contributed by atoms with E-state index in [9.17, 15) is 23.0 Å². The standard InChI is InChI=1S/C20H19ClF2O5S/c21-11-1-3-12(4-2-11)29(26,27)20-8-7-17(25)13(9-24)14(20)10-28-19-16(23)6-5-15(22)18(19)20/h1-6,13-14,17,24-25H,7-10H2. The summed E-state index contributed by atoms with van der Waals surface area (Å²) in [6.07, 6.45) is -1.12. The second-order valence-electron chi connectivity index (χ2n) is 7.45. The Bertz CT molecular complexity index is 1040. The number of ether oxygens (including phenoxy) is 1. The van der Waals surface area contributed by atoms with E-state index in [4.69, 9.17) is 16.3 Å². The van der Waals surface area contributed by atoms with Crippen molar-refractivity contribution in [2.24, 2.45) is 11.8 Å². The number of halogens is 3. The van der Waals surface area contributed by atoms with Crippen LogP contribution in [0.2, 0.25) is 5.02 Å². The van der Waals surface area contributed by atoms with Gasteiger partial charge < -0.3 is 14.9 Å². The van der Waals surface area contributed by atoms with Gasteiger partial charge in [-0.1, -0.05) is 11.6 Å². The Kier molecular flexibility index (Phi) is 5.09. The highest BCUT2D eigenvalue weighted by atomic mass is 35.5. The molecule has 1 aliphatic carbocycles. The summed E-state index contributed by atoms with van der Waals surface area (Å²) in [6, 6.07) is 7.20. The molecule has 9 heteroatoms. The minimum absolute atomic E-state index is 0.00391. The predicted molar refractivity (Wildman–Crippen MR) is 101 cm³/mol. The molecule has 156 valence electrons. The van der Waals surface area contributed by atoms with E-state index >= 15 is 4.39 Å². The fourth-order valence-electron chi connectivity index (χ4n) is 4.73. The van der Waals surface area contributed by atoms with Crippen LogP contribution in [0.15, 0.2) is 41.3 Å². The summed E-state index contributed by atoms with van der Waals surface area (Å²) >= 11 is 5.88. The second kappa shape index (κ2) is 7.19. The van der Waals surface area contributed by atoms with Crippen molar-refractivity contribution in [2.75, 3.05) is 13.2 Å². The van der Waals surface area contributed by atoms with Gasteiger partial charge in [0.1, 0.15) is 10.6 Å². The SMILES string of the molecule is O=S(=O)(c1ccc(Cl)cc1)C12CCC(O)C(CO)C1COc1c(F)ccc(F)c12. The lowest BCUT2D eigenvalue weighted by molar-refractivity contribution is -0.0435. The van der Waals surface area contributed by atoms with Crippen molar-refractivity contribution in [3.05, 3.63) is 58.6 Å². The van der Waals surface area contributed by atoms with E-state index in [1.54, 1.807) is 0 Å². The smallest absolute Gasteiger partial charge is 0.188 e. The molecule has 0 spiro atoms. The summed E-state index contributed by atoms with van der Waals surface area (Å²) < 4.78 is 60.9. The molecule has 2 aliphatic rings. The largest absolute Gasteiger partial charge is 0.490 e. The molecule has 1 heterocycles. The van der Waals surface area contributed by atoms with Crippen molar-refractivity contribution >= 4 is 21.4 Å². The molecule has 1 saturated carbocycles. The molecule has 2 aromatic rings. The van der Waals surface area contributed by atoms with Crippen LogP contribution in [0.3, 0.4) is 0 Å². The third-order valence-electron chi connectivity index (χ3n) is 6.13. The molecule has 29 heavy (non-hydrogen) atoms. The highest BCUT2D eigenvalue weighted by molar-refractivity contribution is 7.92. The molecule has 4 unspecified atom stereocenters. The Morgan fingerprint density at radius 1 is 1.14 bits per heavy atom. The molecule has 0 aromatic heterocycles. The van der Waals surface area contributed by atoms with Gasteiger partial charge in [-0.2, -0.15) is 0 Å². The van der Waals surface area contributed by atoms with Crippen molar-refractivity contribution < 1.29 is 32.1 Å². The molecule has 2 aromatic carbocycles. The first-order valence-corrected chi connectivity index (χ1v) is 11.0. The summed E-state index contributed by atoms with van der Waals surface area (Å²) in [6.45, 7) is -0.790. The highest BCUT2D eigenvalue weighted by Gasteiger charge is 2.62. The van der Waals surface area contributed by atoms with Gasteiger partial charge in [-0.25, -0.2) is 17.2 Å². The second-order valence-corrected chi connectivity index (χ2v) is 10.1. The van der Waals surface area contributed by atoms with Crippen LogP contribution < -0.4 is 4.74 Å². The summed E-state index contributed by atoms with van der Waals surface area (Å²) in [5, 5.41) is 20.6. The molecule has 1 fully saturated rings. The number of sulfone groups is 1. The van der Waals surface area contributed by atoms with E-state index < -0.39 is 56.5 Å². The molecular formula is C20H19ClF2O5S. The lowest BCUT2D eigenvalue weighted by atomic mass is 9.66. The van der Waals surface area contributed by atoms with Crippen LogP contribution in [0.25, 0.3) is 0 Å². The molecule has 0 radical (unpaired) electrons. The summed E-state index contributed by atoms with van der Waals surface area (Å²) in [5.74, 6) is -4.05. The number of aliphatic hydroxyl groups is 2. The monoisotopic (exact) mass is 444 g/mol. The van der Waals surface area contributed by atoms with Crippen LogP contribution in [0.4, 0.5) is 8.78 Å². The quantitative estimate of drug-likeness (QED) is 0.760. The average Bonchev–Trinajstić information content (AvgIpc) is 2.70. The Morgan fingerprint density at radius 2 is 1.79 bits per heavy atom. The summed E-state index contributed by atoms with van der Waals surface area (Å²) in [5.41, 5.74) is -0.381. The molecule has 1 aliphatic heterocycles. The molecule has 0 amide bonds. The maximum Gasteiger partial charge on any atom is 0.188 e. The minimum Gasteiger partial charge on any atom is -0.490 e. The number of hydrogen-bond acceptors (Lipinski definition) is 5. The number of aliphatic hydroxyl groups excluding tert-OH is 2. The molecule has 4 rings (SSSR count). The van der Waals surface area contributed by atoms with E-state index in [1.165, 1.54) is 24.3 Å². The van der Waals surface area contributed by atoms with E-state index in [2.05, 4.69) is 0 Å². The van der Waals surface area contributed by atoms with E-state index in [0.717, 1.165) is 12.1 Å². The van der Waals surface area contributed by atoms with Crippen molar-refractivity contribution in [3.8, 4) is 5.75 Å². The number of hydrogen-bond donors (Lipinski definition) is 2. The predicted octanol–water partition coefficient (Wildman–Crippen LogP) is 3.06. The Hall–Kier alpha value is -1.74. The zero-order chi connectivity index (χ0) is 21.0. The van der Waals surface area contributed by atoms with Crippen molar-refractivity contribution in [3.63, 3.8) is 0 Å². The highest BCUT2D eigenvalue weighted by Crippen LogP contribution is 2.57. The third-order valence-corrected chi connectivity index (χ3v) is 8.94. The molecule has 0 saturated heterocycles. The van der Waals surface area contributed by atoms with Crippen molar-refractivity contribution in [1.29, 1.82) is 0 Å². The Morgan fingerprint density at radius 3 is 2.45 bits per heavy atom. The van der Waals surface area contributed by atoms with Crippen LogP contribution >= 0.6 is 11.6 Å². The number of rotatable bonds is 3. The summed E-state index contributed by atoms with van der Waals surface area (Å²) in [7, 11) is -4.29. The van der Waals surface area contributed by atoms with Gasteiger partial charge >= 0.3 is 0 Å². The van der Waals surface area contributed by atoms with Gasteiger partial charge in [-0.15, -0.1) is 0 Å². The van der Waals surface area contributed by atoms with E-state index in [0.29, 0.717) is 5.02 Å². The normalized spacial score (nSPS) is 28.9. The lowest BCUT2D eigenvalue weighted by Crippen LogP contribution is -2.58. The van der Waals surface area contributed by atoms with Gasteiger partial charge in [0.2, 0.25) is 0 Å². The van der Waals surface area contributed by atoms with Gasteiger partial charge in [0.15, 0.2) is 21.4 Å². The minimum atomic E-state index is -4.29. The Labute approximate surface area is 171 Å². The Balaban J connectivity index is 2.04. The van der Waals surface area contributed by atoms with Crippen LogP contribution in [-0.4, -0.2) is 37.9 Å². The first-order valence-electron chi connectivity index (χ1n) is 9.14. The van der Waals surface area contributed by atoms with Crippen LogP contribution in [0.5, 0.6) is 5.75 Å². The van der Waals surface area contributed by atoms with Gasteiger partial charge in [0.25, 0.3) is 0 Å². The average molecular weight is 445 g/mol. The first kappa shape index (κ1) is 20.5. The lowest BCUT2D eigenvalue weighted by Gasteiger charge is -2.51. The van der Waals surface area contributed by atoms with E-state index in [1.807, 2.05) is 0 Å². The van der Waals surface area contributed by atoms with Gasteiger partial charge in [0, 0.05) is 23.5 Å².